The van der Waals surface area contributed by atoms with Crippen LogP contribution in [0.15, 0.2) is 18.3 Å². The van der Waals surface area contributed by atoms with Gasteiger partial charge in [0.2, 0.25) is 0 Å². The van der Waals surface area contributed by atoms with Gasteiger partial charge in [-0.25, -0.2) is 0 Å². The number of hydrogen-bond acceptors (Lipinski definition) is 1. The fourth-order valence-electron chi connectivity index (χ4n) is 1.94. The van der Waals surface area contributed by atoms with E-state index in [4.69, 9.17) is 4.74 Å². The molecule has 2 heterocycles. The molecule has 0 amide bonds. The molecule has 0 atom stereocenters. The van der Waals surface area contributed by atoms with Crippen molar-refractivity contribution in [2.45, 2.75) is 20.1 Å². The van der Waals surface area contributed by atoms with Gasteiger partial charge in [-0.3, -0.25) is 0 Å². The van der Waals surface area contributed by atoms with Gasteiger partial charge in [-0.05, 0) is 35.7 Å². The Kier molecular flexibility index (Phi) is 1.30. The average molecular weight is 173 g/mol. The first kappa shape index (κ1) is 7.15. The molecule has 2 heteroatoms. The van der Waals surface area contributed by atoms with E-state index in [0.717, 1.165) is 13.2 Å². The number of benzene rings is 1. The van der Waals surface area contributed by atoms with Crippen LogP contribution in [-0.4, -0.2) is 4.98 Å². The van der Waals surface area contributed by atoms with Crippen LogP contribution in [0.3, 0.4) is 0 Å². The predicted molar refractivity (Wildman–Crippen MR) is 51.5 cm³/mol. The van der Waals surface area contributed by atoms with Gasteiger partial charge < -0.3 is 9.72 Å². The van der Waals surface area contributed by atoms with Gasteiger partial charge in [0.05, 0.1) is 13.2 Å². The Bertz CT molecular complexity index is 470. The normalized spacial score (nSPS) is 15.2. The zero-order valence-electron chi connectivity index (χ0n) is 7.55. The Morgan fingerprint density at radius 3 is 2.85 bits per heavy atom. The molecule has 0 unspecified atom stereocenters. The summed E-state index contributed by atoms with van der Waals surface area (Å²) in [5.41, 5.74) is 5.20. The Morgan fingerprint density at radius 2 is 2.00 bits per heavy atom. The first-order chi connectivity index (χ1) is 6.34. The number of hydrogen-bond donors (Lipinski definition) is 1. The minimum Gasteiger partial charge on any atom is -0.372 e. The van der Waals surface area contributed by atoms with E-state index < -0.39 is 0 Å². The zero-order valence-corrected chi connectivity index (χ0v) is 7.55. The summed E-state index contributed by atoms with van der Waals surface area (Å²) in [6.45, 7) is 3.67. The molecule has 0 saturated heterocycles. The maximum absolute atomic E-state index is 5.38. The van der Waals surface area contributed by atoms with Gasteiger partial charge in [-0.2, -0.15) is 0 Å². The van der Waals surface area contributed by atoms with E-state index in [2.05, 4.69) is 30.2 Å². The molecule has 3 rings (SSSR count). The van der Waals surface area contributed by atoms with Crippen LogP contribution in [-0.2, 0) is 18.0 Å². The van der Waals surface area contributed by atoms with E-state index in [-0.39, 0.29) is 0 Å². The number of ether oxygens (including phenoxy) is 1. The highest BCUT2D eigenvalue weighted by Gasteiger charge is 2.12. The molecule has 0 fully saturated rings. The molecule has 0 spiro atoms. The van der Waals surface area contributed by atoms with Gasteiger partial charge in [0.15, 0.2) is 0 Å². The second kappa shape index (κ2) is 2.36. The number of H-pyrrole nitrogens is 1. The minimum atomic E-state index is 0.767. The first-order valence-electron chi connectivity index (χ1n) is 4.52. The van der Waals surface area contributed by atoms with Crippen LogP contribution in [0.4, 0.5) is 0 Å². The van der Waals surface area contributed by atoms with Crippen LogP contribution in [0.2, 0.25) is 0 Å². The van der Waals surface area contributed by atoms with E-state index in [0.29, 0.717) is 0 Å². The van der Waals surface area contributed by atoms with Crippen molar-refractivity contribution in [2.75, 3.05) is 0 Å². The highest BCUT2D eigenvalue weighted by Crippen LogP contribution is 2.27. The van der Waals surface area contributed by atoms with Crippen molar-refractivity contribution in [3.8, 4) is 0 Å². The van der Waals surface area contributed by atoms with Crippen LogP contribution in [0.1, 0.15) is 16.7 Å². The standard InChI is InChI=1S/C11H11NO/c1-7-4-12-11-3-9-6-13-5-8(9)2-10(7)11/h2-4,12H,5-6H2,1H3. The van der Waals surface area contributed by atoms with Crippen molar-refractivity contribution in [1.82, 2.24) is 4.98 Å². The minimum absolute atomic E-state index is 0.767. The van der Waals surface area contributed by atoms with Gasteiger partial charge >= 0.3 is 0 Å². The van der Waals surface area contributed by atoms with Crippen molar-refractivity contribution >= 4 is 10.9 Å². The number of fused-ring (bicyclic) bond motifs is 2. The van der Waals surface area contributed by atoms with Gasteiger partial charge in [-0.1, -0.05) is 0 Å². The summed E-state index contributed by atoms with van der Waals surface area (Å²) in [6, 6.07) is 4.44. The lowest BCUT2D eigenvalue weighted by Crippen LogP contribution is -1.81. The van der Waals surface area contributed by atoms with Crippen LogP contribution < -0.4 is 0 Å². The molecular weight excluding hydrogens is 162 g/mol. The Labute approximate surface area is 76.5 Å². The maximum Gasteiger partial charge on any atom is 0.0725 e. The molecule has 0 radical (unpaired) electrons. The summed E-state index contributed by atoms with van der Waals surface area (Å²) in [5, 5.41) is 1.32. The predicted octanol–water partition coefficient (Wildman–Crippen LogP) is 2.51. The second-order valence-corrected chi connectivity index (χ2v) is 3.63. The highest BCUT2D eigenvalue weighted by molar-refractivity contribution is 5.84. The fraction of sp³-hybridized carbons (Fsp3) is 0.273. The number of aromatic amines is 1. The molecule has 1 N–H and O–H groups in total. The Morgan fingerprint density at radius 1 is 1.23 bits per heavy atom. The monoisotopic (exact) mass is 173 g/mol. The third-order valence-corrected chi connectivity index (χ3v) is 2.72. The van der Waals surface area contributed by atoms with Gasteiger partial charge in [0, 0.05) is 17.1 Å². The molecule has 13 heavy (non-hydrogen) atoms. The maximum atomic E-state index is 5.38. The smallest absolute Gasteiger partial charge is 0.0725 e. The molecular formula is C11H11NO. The van der Waals surface area contributed by atoms with Crippen molar-refractivity contribution in [1.29, 1.82) is 0 Å². The van der Waals surface area contributed by atoms with E-state index in [1.165, 1.54) is 27.6 Å². The van der Waals surface area contributed by atoms with Gasteiger partial charge in [-0.15, -0.1) is 0 Å². The van der Waals surface area contributed by atoms with E-state index >= 15 is 0 Å². The second-order valence-electron chi connectivity index (χ2n) is 3.63. The summed E-state index contributed by atoms with van der Waals surface area (Å²) >= 11 is 0. The molecule has 0 bridgehead atoms. The summed E-state index contributed by atoms with van der Waals surface area (Å²) in [5.74, 6) is 0. The quantitative estimate of drug-likeness (QED) is 0.650. The molecule has 0 aliphatic carbocycles. The molecule has 1 aliphatic rings. The average Bonchev–Trinajstić information content (AvgIpc) is 2.70. The lowest BCUT2D eigenvalue weighted by molar-refractivity contribution is 0.134. The molecule has 1 aromatic heterocycles. The third kappa shape index (κ3) is 0.923. The van der Waals surface area contributed by atoms with E-state index in [1.54, 1.807) is 0 Å². The molecule has 1 aromatic carbocycles. The first-order valence-corrected chi connectivity index (χ1v) is 4.52. The number of aryl methyl sites for hydroxylation is 1. The number of nitrogens with one attached hydrogen (secondary N) is 1. The van der Waals surface area contributed by atoms with E-state index in [9.17, 15) is 0 Å². The summed E-state index contributed by atoms with van der Waals surface area (Å²) in [7, 11) is 0. The molecule has 66 valence electrons. The number of aromatic nitrogens is 1. The fourth-order valence-corrected chi connectivity index (χ4v) is 1.94. The van der Waals surface area contributed by atoms with Gasteiger partial charge in [0.1, 0.15) is 0 Å². The van der Waals surface area contributed by atoms with Crippen LogP contribution >= 0.6 is 0 Å². The van der Waals surface area contributed by atoms with Crippen molar-refractivity contribution in [3.63, 3.8) is 0 Å². The highest BCUT2D eigenvalue weighted by atomic mass is 16.5. The lowest BCUT2D eigenvalue weighted by Gasteiger charge is -1.97. The molecule has 0 saturated carbocycles. The van der Waals surface area contributed by atoms with Crippen LogP contribution in [0.25, 0.3) is 10.9 Å². The van der Waals surface area contributed by atoms with Gasteiger partial charge in [0.25, 0.3) is 0 Å². The summed E-state index contributed by atoms with van der Waals surface area (Å²) in [4.78, 5) is 3.26. The van der Waals surface area contributed by atoms with Crippen molar-refractivity contribution < 1.29 is 4.74 Å². The SMILES string of the molecule is Cc1c[nH]c2cc3c(cc12)COC3. The lowest BCUT2D eigenvalue weighted by atomic mass is 10.1. The molecule has 2 nitrogen and oxygen atoms in total. The zero-order chi connectivity index (χ0) is 8.84. The van der Waals surface area contributed by atoms with Crippen molar-refractivity contribution in [2.24, 2.45) is 0 Å². The third-order valence-electron chi connectivity index (χ3n) is 2.72. The topological polar surface area (TPSA) is 25.0 Å². The molecule has 2 aromatic rings. The Hall–Kier alpha value is -1.28. The summed E-state index contributed by atoms with van der Waals surface area (Å²) < 4.78 is 5.38. The van der Waals surface area contributed by atoms with Crippen molar-refractivity contribution in [3.05, 3.63) is 35.0 Å². The van der Waals surface area contributed by atoms with E-state index in [1.807, 2.05) is 0 Å². The van der Waals surface area contributed by atoms with Crippen LogP contribution in [0, 0.1) is 6.92 Å². The molecule has 1 aliphatic heterocycles. The summed E-state index contributed by atoms with van der Waals surface area (Å²) in [6.07, 6.45) is 2.06. The number of rotatable bonds is 0. The van der Waals surface area contributed by atoms with Crippen LogP contribution in [0.5, 0.6) is 0 Å². The Balaban J connectivity index is 2.38. The largest absolute Gasteiger partial charge is 0.372 e.